The van der Waals surface area contributed by atoms with Crippen LogP contribution in [-0.4, -0.2) is 20.8 Å². The molecule has 0 radical (unpaired) electrons. The summed E-state index contributed by atoms with van der Waals surface area (Å²) >= 11 is 0. The number of hydrogen-bond acceptors (Lipinski definition) is 5. The first kappa shape index (κ1) is 10.6. The van der Waals surface area contributed by atoms with Gasteiger partial charge in [-0.05, 0) is 12.1 Å². The van der Waals surface area contributed by atoms with Crippen LogP contribution in [0, 0.1) is 11.3 Å². The fraction of sp³-hybridized carbons (Fsp3) is 0. The van der Waals surface area contributed by atoms with Gasteiger partial charge in [0.1, 0.15) is 11.8 Å². The molecule has 17 heavy (non-hydrogen) atoms. The molecule has 2 aromatic rings. The van der Waals surface area contributed by atoms with Crippen molar-refractivity contribution in [1.29, 1.82) is 5.26 Å². The molecule has 1 amide bonds. The molecule has 0 saturated carbocycles. The lowest BCUT2D eigenvalue weighted by Crippen LogP contribution is -2.12. The molecule has 0 aliphatic carbocycles. The van der Waals surface area contributed by atoms with Crippen molar-refractivity contribution in [1.82, 2.24) is 14.9 Å². The van der Waals surface area contributed by atoms with Crippen molar-refractivity contribution in [3.63, 3.8) is 0 Å². The van der Waals surface area contributed by atoms with Gasteiger partial charge in [-0.15, -0.1) is 0 Å². The molecule has 0 aliphatic heterocycles. The summed E-state index contributed by atoms with van der Waals surface area (Å²) in [5.74, 6) is -0.545. The molecule has 2 aromatic heterocycles. The Labute approximate surface area is 96.5 Å². The third-order valence-electron chi connectivity index (χ3n) is 1.99. The summed E-state index contributed by atoms with van der Waals surface area (Å²) in [6, 6.07) is 5.16. The van der Waals surface area contributed by atoms with Crippen molar-refractivity contribution in [2.75, 3.05) is 5.43 Å². The fourth-order valence-electron chi connectivity index (χ4n) is 1.17. The SMILES string of the molecule is N#Cc1ccc(Nn2cc(C(N)=O)cn2)cn1. The van der Waals surface area contributed by atoms with E-state index < -0.39 is 5.91 Å². The maximum atomic E-state index is 10.8. The first-order valence-electron chi connectivity index (χ1n) is 4.66. The number of anilines is 1. The van der Waals surface area contributed by atoms with Crippen molar-refractivity contribution >= 4 is 11.6 Å². The van der Waals surface area contributed by atoms with Gasteiger partial charge in [-0.1, -0.05) is 0 Å². The molecule has 0 spiro atoms. The van der Waals surface area contributed by atoms with Crippen LogP contribution in [0.4, 0.5) is 5.69 Å². The summed E-state index contributed by atoms with van der Waals surface area (Å²) in [4.78, 5) is 16.1. The van der Waals surface area contributed by atoms with Crippen LogP contribution in [0.5, 0.6) is 0 Å². The number of pyridine rings is 1. The molecule has 3 N–H and O–H groups in total. The highest BCUT2D eigenvalue weighted by Crippen LogP contribution is 2.06. The van der Waals surface area contributed by atoms with Crippen molar-refractivity contribution in [2.24, 2.45) is 5.73 Å². The Morgan fingerprint density at radius 3 is 2.82 bits per heavy atom. The van der Waals surface area contributed by atoms with E-state index in [9.17, 15) is 4.79 Å². The lowest BCUT2D eigenvalue weighted by molar-refractivity contribution is 0.100. The highest BCUT2D eigenvalue weighted by molar-refractivity contribution is 5.92. The quantitative estimate of drug-likeness (QED) is 0.775. The Morgan fingerprint density at radius 1 is 1.47 bits per heavy atom. The van der Waals surface area contributed by atoms with Gasteiger partial charge in [-0.25, -0.2) is 4.98 Å². The van der Waals surface area contributed by atoms with Gasteiger partial charge in [0, 0.05) is 0 Å². The van der Waals surface area contributed by atoms with E-state index in [1.54, 1.807) is 12.1 Å². The summed E-state index contributed by atoms with van der Waals surface area (Å²) in [5.41, 5.74) is 9.22. The number of hydrogen-bond donors (Lipinski definition) is 2. The molecule has 0 saturated heterocycles. The van der Waals surface area contributed by atoms with Gasteiger partial charge in [0.25, 0.3) is 5.91 Å². The van der Waals surface area contributed by atoms with Crippen LogP contribution in [0.25, 0.3) is 0 Å². The van der Waals surface area contributed by atoms with Crippen LogP contribution in [-0.2, 0) is 0 Å². The average molecular weight is 228 g/mol. The third kappa shape index (κ3) is 2.38. The van der Waals surface area contributed by atoms with E-state index in [1.165, 1.54) is 23.4 Å². The van der Waals surface area contributed by atoms with E-state index in [4.69, 9.17) is 11.0 Å². The summed E-state index contributed by atoms with van der Waals surface area (Å²) < 4.78 is 0. The van der Waals surface area contributed by atoms with Crippen molar-refractivity contribution in [3.05, 3.63) is 42.0 Å². The number of nitrogens with two attached hydrogens (primary N) is 1. The second-order valence-electron chi connectivity index (χ2n) is 3.19. The number of amides is 1. The van der Waals surface area contributed by atoms with Crippen LogP contribution < -0.4 is 11.2 Å². The zero-order valence-electron chi connectivity index (χ0n) is 8.66. The fourth-order valence-corrected chi connectivity index (χ4v) is 1.17. The first-order valence-corrected chi connectivity index (χ1v) is 4.66. The van der Waals surface area contributed by atoms with E-state index in [-0.39, 0.29) is 0 Å². The molecule has 0 bridgehead atoms. The number of rotatable bonds is 3. The predicted octanol–water partition coefficient (Wildman–Crippen LogP) is 0.124. The maximum absolute atomic E-state index is 10.8. The second-order valence-corrected chi connectivity index (χ2v) is 3.19. The van der Waals surface area contributed by atoms with Crippen molar-refractivity contribution < 1.29 is 4.79 Å². The number of nitriles is 1. The van der Waals surface area contributed by atoms with E-state index >= 15 is 0 Å². The van der Waals surface area contributed by atoms with Gasteiger partial charge in [0.2, 0.25) is 0 Å². The van der Waals surface area contributed by atoms with Crippen LogP contribution >= 0.6 is 0 Å². The third-order valence-corrected chi connectivity index (χ3v) is 1.99. The number of primary amides is 1. The predicted molar refractivity (Wildman–Crippen MR) is 58.7 cm³/mol. The molecule has 0 fully saturated rings. The molecule has 2 rings (SSSR count). The molecule has 0 aliphatic rings. The van der Waals surface area contributed by atoms with Crippen molar-refractivity contribution in [3.8, 4) is 6.07 Å². The minimum absolute atomic E-state index is 0.305. The van der Waals surface area contributed by atoms with E-state index in [0.29, 0.717) is 16.9 Å². The molecule has 0 unspecified atom stereocenters. The monoisotopic (exact) mass is 228 g/mol. The Morgan fingerprint density at radius 2 is 2.29 bits per heavy atom. The first-order chi connectivity index (χ1) is 8.19. The lowest BCUT2D eigenvalue weighted by Gasteiger charge is -2.04. The molecule has 2 heterocycles. The zero-order valence-corrected chi connectivity index (χ0v) is 8.66. The van der Waals surface area contributed by atoms with Gasteiger partial charge in [-0.3, -0.25) is 10.2 Å². The standard InChI is InChI=1S/C10H8N6O/c11-3-8-1-2-9(5-13-8)15-16-6-7(4-14-16)10(12)17/h1-2,4-6,15H,(H2,12,17). The molecule has 84 valence electrons. The molecule has 0 atom stereocenters. The largest absolute Gasteiger partial charge is 0.365 e. The summed E-state index contributed by atoms with van der Waals surface area (Å²) in [7, 11) is 0. The topological polar surface area (TPSA) is 110 Å². The second kappa shape index (κ2) is 4.32. The number of carbonyl (C=O) groups excluding carboxylic acids is 1. The van der Waals surface area contributed by atoms with Crippen LogP contribution in [0.3, 0.4) is 0 Å². The highest BCUT2D eigenvalue weighted by Gasteiger charge is 2.03. The van der Waals surface area contributed by atoms with Gasteiger partial charge in [0.05, 0.1) is 29.8 Å². The van der Waals surface area contributed by atoms with Crippen LogP contribution in [0.2, 0.25) is 0 Å². The van der Waals surface area contributed by atoms with Gasteiger partial charge in [-0.2, -0.15) is 15.2 Å². The Bertz CT molecular complexity index is 580. The summed E-state index contributed by atoms with van der Waals surface area (Å²) in [6.07, 6.45) is 4.30. The number of nitrogens with zero attached hydrogens (tertiary/aromatic N) is 4. The summed E-state index contributed by atoms with van der Waals surface area (Å²) in [6.45, 7) is 0. The lowest BCUT2D eigenvalue weighted by atomic mass is 10.3. The minimum Gasteiger partial charge on any atom is -0.365 e. The highest BCUT2D eigenvalue weighted by atomic mass is 16.1. The molecule has 7 heteroatoms. The normalized spacial score (nSPS) is 9.59. The number of nitrogens with one attached hydrogen (secondary N) is 1. The number of carbonyl (C=O) groups is 1. The number of aromatic nitrogens is 3. The van der Waals surface area contributed by atoms with E-state index in [2.05, 4.69) is 15.5 Å². The molecular weight excluding hydrogens is 220 g/mol. The van der Waals surface area contributed by atoms with E-state index in [1.807, 2.05) is 6.07 Å². The Hall–Kier alpha value is -2.88. The molecule has 7 nitrogen and oxygen atoms in total. The molecular formula is C10H8N6O. The average Bonchev–Trinajstić information content (AvgIpc) is 2.79. The summed E-state index contributed by atoms with van der Waals surface area (Å²) in [5, 5.41) is 12.5. The van der Waals surface area contributed by atoms with Crippen molar-refractivity contribution in [2.45, 2.75) is 0 Å². The minimum atomic E-state index is -0.545. The van der Waals surface area contributed by atoms with E-state index in [0.717, 1.165) is 0 Å². The smallest absolute Gasteiger partial charge is 0.251 e. The zero-order chi connectivity index (χ0) is 12.3. The van der Waals surface area contributed by atoms with Gasteiger partial charge < -0.3 is 5.73 Å². The van der Waals surface area contributed by atoms with Crippen LogP contribution in [0.15, 0.2) is 30.7 Å². The Kier molecular flexibility index (Phi) is 2.70. The van der Waals surface area contributed by atoms with Gasteiger partial charge >= 0.3 is 0 Å². The maximum Gasteiger partial charge on any atom is 0.251 e. The molecule has 0 aromatic carbocycles. The van der Waals surface area contributed by atoms with Crippen LogP contribution in [0.1, 0.15) is 16.1 Å². The Balaban J connectivity index is 2.14. The van der Waals surface area contributed by atoms with Gasteiger partial charge in [0.15, 0.2) is 0 Å².